The van der Waals surface area contributed by atoms with Crippen LogP contribution in [0.1, 0.15) is 10.4 Å². The van der Waals surface area contributed by atoms with Gasteiger partial charge in [0.2, 0.25) is 0 Å². The third-order valence-corrected chi connectivity index (χ3v) is 3.74. The average molecular weight is 352 g/mol. The number of aromatic nitrogens is 2. The summed E-state index contributed by atoms with van der Waals surface area (Å²) in [5, 5.41) is 0. The van der Waals surface area contributed by atoms with Crippen molar-refractivity contribution >= 4 is 28.9 Å². The lowest BCUT2D eigenvalue weighted by Crippen LogP contribution is -2.31. The lowest BCUT2D eigenvalue weighted by Gasteiger charge is -2.21. The average Bonchev–Trinajstić information content (AvgIpc) is 2.67. The van der Waals surface area contributed by atoms with Gasteiger partial charge in [0.25, 0.3) is 5.91 Å². The zero-order valence-electron chi connectivity index (χ0n) is 14.0. The molecule has 132 valence electrons. The molecule has 0 aliphatic heterocycles. The molecule has 0 saturated carbocycles. The number of hydrazine groups is 1. The van der Waals surface area contributed by atoms with Gasteiger partial charge in [-0.25, -0.2) is 14.4 Å². The van der Waals surface area contributed by atoms with Gasteiger partial charge in [0.05, 0.1) is 5.56 Å². The number of nitrogen functional groups attached to an aromatic ring is 1. The number of benzene rings is 2. The molecule has 0 spiro atoms. The molecule has 4 N–H and O–H groups in total. The number of rotatable bonds is 5. The fourth-order valence-corrected chi connectivity index (χ4v) is 2.36. The second-order valence-corrected chi connectivity index (χ2v) is 5.41. The van der Waals surface area contributed by atoms with Gasteiger partial charge < -0.3 is 10.6 Å². The molecular weight excluding hydrogens is 335 g/mol. The molecule has 3 aromatic rings. The first-order valence-corrected chi connectivity index (χ1v) is 7.78. The predicted octanol–water partition coefficient (Wildman–Crippen LogP) is 2.72. The van der Waals surface area contributed by atoms with Gasteiger partial charge in [0, 0.05) is 12.7 Å². The van der Waals surface area contributed by atoms with Crippen molar-refractivity contribution in [2.75, 3.05) is 23.1 Å². The number of nitrogens with zero attached hydrogens (tertiary/aromatic N) is 3. The van der Waals surface area contributed by atoms with Gasteiger partial charge in [-0.2, -0.15) is 0 Å². The summed E-state index contributed by atoms with van der Waals surface area (Å²) in [4.78, 5) is 22.1. The highest BCUT2D eigenvalue weighted by Gasteiger charge is 2.15. The first-order valence-electron chi connectivity index (χ1n) is 7.78. The molecule has 0 atom stereocenters. The van der Waals surface area contributed by atoms with Crippen LogP contribution in [0.25, 0.3) is 0 Å². The molecule has 0 unspecified atom stereocenters. The summed E-state index contributed by atoms with van der Waals surface area (Å²) >= 11 is 0. The van der Waals surface area contributed by atoms with E-state index in [1.54, 1.807) is 11.0 Å². The van der Waals surface area contributed by atoms with E-state index < -0.39 is 11.7 Å². The van der Waals surface area contributed by atoms with Crippen molar-refractivity contribution in [2.24, 2.45) is 0 Å². The molecular formula is C18H17FN6O. The summed E-state index contributed by atoms with van der Waals surface area (Å²) in [5.41, 5.74) is 12.2. The highest BCUT2D eigenvalue weighted by atomic mass is 19.1. The number of carbonyl (C=O) groups is 1. The maximum Gasteiger partial charge on any atom is 0.272 e. The molecule has 26 heavy (non-hydrogen) atoms. The van der Waals surface area contributed by atoms with Crippen molar-refractivity contribution in [3.05, 3.63) is 72.3 Å². The van der Waals surface area contributed by atoms with Crippen LogP contribution in [0.3, 0.4) is 0 Å². The van der Waals surface area contributed by atoms with Crippen LogP contribution < -0.4 is 21.5 Å². The van der Waals surface area contributed by atoms with Crippen LogP contribution >= 0.6 is 0 Å². The van der Waals surface area contributed by atoms with Crippen LogP contribution in [-0.2, 0) is 0 Å². The molecule has 2 aromatic carbocycles. The van der Waals surface area contributed by atoms with E-state index in [-0.39, 0.29) is 17.1 Å². The van der Waals surface area contributed by atoms with Crippen LogP contribution in [-0.4, -0.2) is 22.9 Å². The second kappa shape index (κ2) is 7.47. The maximum absolute atomic E-state index is 13.7. The summed E-state index contributed by atoms with van der Waals surface area (Å²) in [6.07, 6.45) is 1.32. The number of nitrogens with two attached hydrogens (primary N) is 1. The lowest BCUT2D eigenvalue weighted by atomic mass is 10.2. The Balaban J connectivity index is 1.77. The topological polar surface area (TPSA) is 96.2 Å². The van der Waals surface area contributed by atoms with Gasteiger partial charge in [0.15, 0.2) is 11.6 Å². The second-order valence-electron chi connectivity index (χ2n) is 5.41. The van der Waals surface area contributed by atoms with Crippen LogP contribution in [0.15, 0.2) is 60.9 Å². The number of halogens is 1. The number of nitrogens with one attached hydrogen (secondary N) is 2. The van der Waals surface area contributed by atoms with E-state index in [2.05, 4.69) is 20.8 Å². The van der Waals surface area contributed by atoms with Crippen LogP contribution in [0, 0.1) is 5.82 Å². The molecule has 0 aliphatic rings. The number of para-hydroxylation sites is 1. The first kappa shape index (κ1) is 17.2. The Labute approximate surface area is 149 Å². The van der Waals surface area contributed by atoms with Crippen molar-refractivity contribution < 1.29 is 9.18 Å². The van der Waals surface area contributed by atoms with Crippen LogP contribution in [0.5, 0.6) is 0 Å². The highest BCUT2D eigenvalue weighted by molar-refractivity contribution is 5.95. The van der Waals surface area contributed by atoms with Gasteiger partial charge in [-0.05, 0) is 24.3 Å². The monoisotopic (exact) mass is 352 g/mol. The summed E-state index contributed by atoms with van der Waals surface area (Å²) in [6.45, 7) is 0. The van der Waals surface area contributed by atoms with Gasteiger partial charge in [-0.3, -0.25) is 15.6 Å². The number of anilines is 4. The molecule has 7 nitrogen and oxygen atoms in total. The van der Waals surface area contributed by atoms with Gasteiger partial charge in [0.1, 0.15) is 17.8 Å². The summed E-state index contributed by atoms with van der Waals surface area (Å²) in [6, 6.07) is 15.2. The third kappa shape index (κ3) is 3.54. The molecule has 1 amide bonds. The Morgan fingerprint density at radius 1 is 1.08 bits per heavy atom. The highest BCUT2D eigenvalue weighted by Crippen LogP contribution is 2.29. The predicted molar refractivity (Wildman–Crippen MR) is 98.4 cm³/mol. The number of carbonyl (C=O) groups excluding carboxylic acids is 1. The Bertz CT molecular complexity index is 919. The lowest BCUT2D eigenvalue weighted by molar-refractivity contribution is 0.0958. The van der Waals surface area contributed by atoms with Crippen molar-refractivity contribution in [3.63, 3.8) is 0 Å². The van der Waals surface area contributed by atoms with Crippen molar-refractivity contribution in [1.82, 2.24) is 15.4 Å². The van der Waals surface area contributed by atoms with Crippen LogP contribution in [0.2, 0.25) is 0 Å². The van der Waals surface area contributed by atoms with Gasteiger partial charge in [-0.15, -0.1) is 0 Å². The van der Waals surface area contributed by atoms with E-state index in [9.17, 15) is 9.18 Å². The SMILES string of the molecule is CN(c1ccccc1)c1ncnc(NNC(=O)c2ccccc2F)c1N. The maximum atomic E-state index is 13.7. The number of hydrogen-bond acceptors (Lipinski definition) is 6. The minimum atomic E-state index is -0.640. The third-order valence-electron chi connectivity index (χ3n) is 3.74. The quantitative estimate of drug-likeness (QED) is 0.611. The Hall–Kier alpha value is -3.68. The fourth-order valence-electron chi connectivity index (χ4n) is 2.36. The van der Waals surface area contributed by atoms with E-state index >= 15 is 0 Å². The fraction of sp³-hybridized carbons (Fsp3) is 0.0556. The van der Waals surface area contributed by atoms with E-state index in [1.807, 2.05) is 37.4 Å². The van der Waals surface area contributed by atoms with Crippen molar-refractivity contribution in [1.29, 1.82) is 0 Å². The molecule has 3 rings (SSSR count). The normalized spacial score (nSPS) is 10.2. The molecule has 0 saturated heterocycles. The Kier molecular flexibility index (Phi) is 4.93. The first-order chi connectivity index (χ1) is 12.6. The molecule has 0 aliphatic carbocycles. The van der Waals surface area contributed by atoms with Crippen molar-refractivity contribution in [2.45, 2.75) is 0 Å². The molecule has 0 fully saturated rings. The zero-order valence-corrected chi connectivity index (χ0v) is 14.0. The summed E-state index contributed by atoms with van der Waals surface area (Å²) in [7, 11) is 1.82. The smallest absolute Gasteiger partial charge is 0.272 e. The van der Waals surface area contributed by atoms with E-state index in [0.717, 1.165) is 5.69 Å². The van der Waals surface area contributed by atoms with Gasteiger partial charge >= 0.3 is 0 Å². The molecule has 1 heterocycles. The van der Waals surface area contributed by atoms with Gasteiger partial charge in [-0.1, -0.05) is 30.3 Å². The molecule has 1 aromatic heterocycles. The van der Waals surface area contributed by atoms with Crippen LogP contribution in [0.4, 0.5) is 27.4 Å². The zero-order chi connectivity index (χ0) is 18.5. The largest absolute Gasteiger partial charge is 0.393 e. The molecule has 8 heteroatoms. The molecule has 0 radical (unpaired) electrons. The Morgan fingerprint density at radius 2 is 1.77 bits per heavy atom. The minimum absolute atomic E-state index is 0.0887. The molecule has 0 bridgehead atoms. The van der Waals surface area contributed by atoms with E-state index in [4.69, 9.17) is 5.73 Å². The standard InChI is InChI=1S/C18H17FN6O/c1-25(12-7-3-2-4-8-12)17-15(20)16(21-11-22-17)23-24-18(26)13-9-5-6-10-14(13)19/h2-11H,20H2,1H3,(H,24,26)(H,21,22,23). The Morgan fingerprint density at radius 3 is 2.50 bits per heavy atom. The number of amides is 1. The van der Waals surface area contributed by atoms with E-state index in [0.29, 0.717) is 5.82 Å². The summed E-state index contributed by atoms with van der Waals surface area (Å²) in [5.74, 6) is -0.581. The number of hydrogen-bond donors (Lipinski definition) is 3. The van der Waals surface area contributed by atoms with Crippen molar-refractivity contribution in [3.8, 4) is 0 Å². The summed E-state index contributed by atoms with van der Waals surface area (Å²) < 4.78 is 13.7. The minimum Gasteiger partial charge on any atom is -0.393 e. The van der Waals surface area contributed by atoms with E-state index in [1.165, 1.54) is 24.5 Å².